The van der Waals surface area contributed by atoms with Gasteiger partial charge < -0.3 is 10.2 Å². The molecule has 0 spiro atoms. The maximum atomic E-state index is 13.2. The van der Waals surface area contributed by atoms with Crippen molar-refractivity contribution in [1.29, 1.82) is 0 Å². The molecule has 170 valence electrons. The zero-order chi connectivity index (χ0) is 22.8. The summed E-state index contributed by atoms with van der Waals surface area (Å²) in [6.45, 7) is 3.89. The quantitative estimate of drug-likeness (QED) is 0.544. The fraction of sp³-hybridized carbons (Fsp3) is 0.360. The smallest absolute Gasteiger partial charge is 0.253 e. The van der Waals surface area contributed by atoms with Crippen molar-refractivity contribution in [3.63, 3.8) is 0 Å². The second kappa shape index (κ2) is 12.8. The van der Waals surface area contributed by atoms with E-state index in [9.17, 15) is 9.59 Å². The van der Waals surface area contributed by atoms with Gasteiger partial charge in [0, 0.05) is 37.2 Å². The molecule has 1 N–H and O–H groups in total. The third-order valence-corrected chi connectivity index (χ3v) is 6.83. The normalized spacial score (nSPS) is 15.6. The first-order valence-corrected chi connectivity index (χ1v) is 13.0. The molecular formula is C25H30BrN3O2S. The second-order valence-corrected chi connectivity index (χ2v) is 9.57. The molecular weight excluding hydrogens is 486 g/mol. The van der Waals surface area contributed by atoms with Gasteiger partial charge in [0.1, 0.15) is 6.04 Å². The van der Waals surface area contributed by atoms with Crippen molar-refractivity contribution < 1.29 is 9.59 Å². The third kappa shape index (κ3) is 7.22. The van der Waals surface area contributed by atoms with Crippen LogP contribution < -0.4 is 5.32 Å². The number of carbonyl (C=O) groups is 2. The predicted octanol–water partition coefficient (Wildman–Crippen LogP) is 4.16. The SMILES string of the molecule is CSCC[C@H](NC(=O)c1ccccc1Br)C(=O)N1CCN(C/C=C/c2ccccc2)CC1. The van der Waals surface area contributed by atoms with Crippen LogP contribution in [0, 0.1) is 0 Å². The average Bonchev–Trinajstić information content (AvgIpc) is 2.82. The molecule has 1 fully saturated rings. The van der Waals surface area contributed by atoms with Gasteiger partial charge in [-0.05, 0) is 52.1 Å². The van der Waals surface area contributed by atoms with Gasteiger partial charge in [0.2, 0.25) is 5.91 Å². The maximum Gasteiger partial charge on any atom is 0.253 e. The Morgan fingerprint density at radius 3 is 2.44 bits per heavy atom. The van der Waals surface area contributed by atoms with Crippen molar-refractivity contribution >= 4 is 45.6 Å². The second-order valence-electron chi connectivity index (χ2n) is 7.73. The van der Waals surface area contributed by atoms with Gasteiger partial charge in [-0.2, -0.15) is 11.8 Å². The Labute approximate surface area is 203 Å². The van der Waals surface area contributed by atoms with Crippen LogP contribution in [0.5, 0.6) is 0 Å². The van der Waals surface area contributed by atoms with Gasteiger partial charge in [0.15, 0.2) is 0 Å². The number of thioether (sulfide) groups is 1. The van der Waals surface area contributed by atoms with E-state index >= 15 is 0 Å². The zero-order valence-electron chi connectivity index (χ0n) is 18.4. The lowest BCUT2D eigenvalue weighted by molar-refractivity contribution is -0.135. The Morgan fingerprint density at radius 1 is 1.06 bits per heavy atom. The van der Waals surface area contributed by atoms with E-state index in [4.69, 9.17) is 0 Å². The van der Waals surface area contributed by atoms with E-state index in [1.807, 2.05) is 47.6 Å². The Morgan fingerprint density at radius 2 is 1.75 bits per heavy atom. The Kier molecular flexibility index (Phi) is 9.84. The molecule has 2 aromatic carbocycles. The first-order chi connectivity index (χ1) is 15.6. The van der Waals surface area contributed by atoms with E-state index in [2.05, 4.69) is 50.4 Å². The van der Waals surface area contributed by atoms with Gasteiger partial charge in [0.05, 0.1) is 5.56 Å². The summed E-state index contributed by atoms with van der Waals surface area (Å²) in [7, 11) is 0. The minimum Gasteiger partial charge on any atom is -0.340 e. The average molecular weight is 517 g/mol. The molecule has 0 aromatic heterocycles. The lowest BCUT2D eigenvalue weighted by Crippen LogP contribution is -2.55. The summed E-state index contributed by atoms with van der Waals surface area (Å²) in [5, 5.41) is 2.97. The Balaban J connectivity index is 1.53. The lowest BCUT2D eigenvalue weighted by atomic mass is 10.1. The highest BCUT2D eigenvalue weighted by Crippen LogP contribution is 2.17. The first kappa shape index (κ1) is 24.6. The summed E-state index contributed by atoms with van der Waals surface area (Å²) in [5.74, 6) is 0.609. The van der Waals surface area contributed by atoms with Gasteiger partial charge in [-0.25, -0.2) is 0 Å². The van der Waals surface area contributed by atoms with Crippen LogP contribution in [0.4, 0.5) is 0 Å². The number of hydrogen-bond acceptors (Lipinski definition) is 4. The van der Waals surface area contributed by atoms with Crippen LogP contribution in [0.2, 0.25) is 0 Å². The Hall–Kier alpha value is -2.09. The van der Waals surface area contributed by atoms with Crippen LogP contribution >= 0.6 is 27.7 Å². The molecule has 1 atom stereocenters. The number of amides is 2. The van der Waals surface area contributed by atoms with Crippen LogP contribution in [0.15, 0.2) is 65.1 Å². The molecule has 1 heterocycles. The summed E-state index contributed by atoms with van der Waals surface area (Å²) in [4.78, 5) is 30.2. The molecule has 32 heavy (non-hydrogen) atoms. The van der Waals surface area contributed by atoms with Crippen LogP contribution in [-0.4, -0.2) is 72.4 Å². The number of hydrogen-bond donors (Lipinski definition) is 1. The highest BCUT2D eigenvalue weighted by atomic mass is 79.9. The number of rotatable bonds is 9. The summed E-state index contributed by atoms with van der Waals surface area (Å²) < 4.78 is 0.728. The van der Waals surface area contributed by atoms with Crippen molar-refractivity contribution in [2.24, 2.45) is 0 Å². The van der Waals surface area contributed by atoms with E-state index in [0.717, 1.165) is 29.9 Å². The fourth-order valence-electron chi connectivity index (χ4n) is 3.65. The van der Waals surface area contributed by atoms with Gasteiger partial charge in [0.25, 0.3) is 5.91 Å². The van der Waals surface area contributed by atoms with Crippen LogP contribution in [0.25, 0.3) is 6.08 Å². The zero-order valence-corrected chi connectivity index (χ0v) is 20.8. The molecule has 1 aliphatic rings. The van der Waals surface area contributed by atoms with Crippen molar-refractivity contribution in [2.75, 3.05) is 44.7 Å². The molecule has 2 amide bonds. The van der Waals surface area contributed by atoms with Crippen LogP contribution in [-0.2, 0) is 4.79 Å². The standard InChI is InChI=1S/C25H30BrN3O2S/c1-32-19-13-23(27-24(30)21-11-5-6-12-22(21)26)25(31)29-17-15-28(16-18-29)14-7-10-20-8-3-2-4-9-20/h2-12,23H,13-19H2,1H3,(H,27,30)/b10-7+/t23-/m0/s1. The van der Waals surface area contributed by atoms with E-state index in [1.165, 1.54) is 5.56 Å². The minimum absolute atomic E-state index is 0.0129. The predicted molar refractivity (Wildman–Crippen MR) is 137 cm³/mol. The fourth-order valence-corrected chi connectivity index (χ4v) is 4.58. The van der Waals surface area contributed by atoms with Gasteiger partial charge in [-0.1, -0.05) is 54.6 Å². The van der Waals surface area contributed by atoms with E-state index < -0.39 is 6.04 Å². The van der Waals surface area contributed by atoms with Crippen molar-refractivity contribution in [2.45, 2.75) is 12.5 Å². The molecule has 0 radical (unpaired) electrons. The number of nitrogens with zero attached hydrogens (tertiary/aromatic N) is 2. The van der Waals surface area contributed by atoms with Crippen LogP contribution in [0.3, 0.4) is 0 Å². The minimum atomic E-state index is -0.508. The highest BCUT2D eigenvalue weighted by molar-refractivity contribution is 9.10. The molecule has 0 saturated carbocycles. The van der Waals surface area contributed by atoms with Gasteiger partial charge >= 0.3 is 0 Å². The van der Waals surface area contributed by atoms with Gasteiger partial charge in [-0.3, -0.25) is 14.5 Å². The summed E-state index contributed by atoms with van der Waals surface area (Å²) in [5.41, 5.74) is 1.74. The summed E-state index contributed by atoms with van der Waals surface area (Å²) in [6, 6.07) is 17.0. The monoisotopic (exact) mass is 515 g/mol. The topological polar surface area (TPSA) is 52.7 Å². The van der Waals surface area contributed by atoms with Crippen molar-refractivity contribution in [1.82, 2.24) is 15.1 Å². The summed E-state index contributed by atoms with van der Waals surface area (Å²) in [6.07, 6.45) is 6.94. The Bertz CT molecular complexity index is 914. The lowest BCUT2D eigenvalue weighted by Gasteiger charge is -2.36. The van der Waals surface area contributed by atoms with Crippen molar-refractivity contribution in [3.8, 4) is 0 Å². The molecule has 1 saturated heterocycles. The molecule has 5 nitrogen and oxygen atoms in total. The summed E-state index contributed by atoms with van der Waals surface area (Å²) >= 11 is 5.10. The molecule has 0 bridgehead atoms. The molecule has 7 heteroatoms. The molecule has 1 aliphatic heterocycles. The number of carbonyl (C=O) groups excluding carboxylic acids is 2. The molecule has 2 aromatic rings. The third-order valence-electron chi connectivity index (χ3n) is 5.49. The molecule has 0 unspecified atom stereocenters. The number of piperazine rings is 1. The number of benzene rings is 2. The van der Waals surface area contributed by atoms with E-state index in [0.29, 0.717) is 25.1 Å². The largest absolute Gasteiger partial charge is 0.340 e. The van der Waals surface area contributed by atoms with E-state index in [-0.39, 0.29) is 11.8 Å². The van der Waals surface area contributed by atoms with Crippen LogP contribution in [0.1, 0.15) is 22.3 Å². The number of halogens is 1. The van der Waals surface area contributed by atoms with E-state index in [1.54, 1.807) is 17.8 Å². The van der Waals surface area contributed by atoms with Gasteiger partial charge in [-0.15, -0.1) is 0 Å². The maximum absolute atomic E-state index is 13.2. The highest BCUT2D eigenvalue weighted by Gasteiger charge is 2.28. The molecule has 0 aliphatic carbocycles. The number of nitrogens with one attached hydrogen (secondary N) is 1. The first-order valence-electron chi connectivity index (χ1n) is 10.9. The van der Waals surface area contributed by atoms with Crippen molar-refractivity contribution in [3.05, 3.63) is 76.3 Å². The molecule has 3 rings (SSSR count).